The van der Waals surface area contributed by atoms with Gasteiger partial charge in [-0.3, -0.25) is 14.8 Å². The molecule has 2 N–H and O–H groups in total. The van der Waals surface area contributed by atoms with Crippen LogP contribution in [-0.4, -0.2) is 62.8 Å². The second kappa shape index (κ2) is 8.39. The summed E-state index contributed by atoms with van der Waals surface area (Å²) >= 11 is 0. The Bertz CT molecular complexity index is 1100. The molecule has 0 spiro atoms. The number of urea groups is 1. The average Bonchev–Trinajstić information content (AvgIpc) is 3.16. The number of rotatable bonds is 3. The molecule has 160 valence electrons. The third-order valence-corrected chi connectivity index (χ3v) is 6.26. The molecule has 1 aliphatic heterocycles. The second-order valence-electron chi connectivity index (χ2n) is 8.11. The number of hydrogen-bond donors (Lipinski definition) is 2. The predicted octanol–water partition coefficient (Wildman–Crippen LogP) is 2.27. The highest BCUT2D eigenvalue weighted by Gasteiger charge is 2.31. The molecular weight excluding hydrogens is 392 g/mol. The molecule has 1 fully saturated rings. The van der Waals surface area contributed by atoms with Gasteiger partial charge in [-0.25, -0.2) is 14.5 Å². The summed E-state index contributed by atoms with van der Waals surface area (Å²) in [7, 11) is 0. The normalized spacial score (nSPS) is 19.1. The summed E-state index contributed by atoms with van der Waals surface area (Å²) < 4.78 is 1.55. The number of carbonyl (C=O) groups excluding carboxylic acids is 1. The number of aromatic nitrogens is 3. The Kier molecular flexibility index (Phi) is 5.30. The molecule has 2 aromatic heterocycles. The molecular formula is C23H26N6O2. The molecule has 31 heavy (non-hydrogen) atoms. The van der Waals surface area contributed by atoms with Crippen molar-refractivity contribution in [3.63, 3.8) is 0 Å². The first kappa shape index (κ1) is 19.6. The van der Waals surface area contributed by atoms with E-state index in [0.717, 1.165) is 49.3 Å². The van der Waals surface area contributed by atoms with E-state index in [1.807, 2.05) is 53.4 Å². The number of fused-ring (bicyclic) bond motifs is 1. The number of carbonyl (C=O) groups is 1. The highest BCUT2D eigenvalue weighted by molar-refractivity contribution is 5.89. The number of nitrogens with zero attached hydrogens (tertiary/aromatic N) is 4. The summed E-state index contributed by atoms with van der Waals surface area (Å²) in [5, 5.41) is 6.21. The number of para-hydroxylation sites is 1. The molecule has 1 aliphatic carbocycles. The van der Waals surface area contributed by atoms with E-state index in [-0.39, 0.29) is 11.6 Å². The van der Waals surface area contributed by atoms with Crippen LogP contribution in [-0.2, 0) is 12.8 Å². The SMILES string of the molecule is O=C(Nc1ccccc1)N1CCN(C2CCc3[nH]n(-c4ccccn4)c(=O)c3C2)CC1. The minimum atomic E-state index is -0.0549. The van der Waals surface area contributed by atoms with Crippen molar-refractivity contribution in [1.82, 2.24) is 24.6 Å². The quantitative estimate of drug-likeness (QED) is 0.683. The van der Waals surface area contributed by atoms with Gasteiger partial charge >= 0.3 is 6.03 Å². The number of H-pyrrole nitrogens is 1. The van der Waals surface area contributed by atoms with Crippen molar-refractivity contribution >= 4 is 11.7 Å². The van der Waals surface area contributed by atoms with Gasteiger partial charge in [0, 0.05) is 55.4 Å². The first-order valence-corrected chi connectivity index (χ1v) is 10.8. The molecule has 1 atom stereocenters. The lowest BCUT2D eigenvalue weighted by Gasteiger charge is -2.40. The van der Waals surface area contributed by atoms with Crippen molar-refractivity contribution in [2.24, 2.45) is 0 Å². The van der Waals surface area contributed by atoms with Gasteiger partial charge in [0.1, 0.15) is 0 Å². The van der Waals surface area contributed by atoms with E-state index in [2.05, 4.69) is 20.3 Å². The maximum Gasteiger partial charge on any atom is 0.321 e. The number of nitrogens with one attached hydrogen (secondary N) is 2. The van der Waals surface area contributed by atoms with Crippen LogP contribution in [0, 0.1) is 0 Å². The van der Waals surface area contributed by atoms with E-state index >= 15 is 0 Å². The summed E-state index contributed by atoms with van der Waals surface area (Å²) in [5.74, 6) is 0.622. The van der Waals surface area contributed by atoms with E-state index in [1.54, 1.807) is 10.9 Å². The van der Waals surface area contributed by atoms with Crippen LogP contribution in [0.25, 0.3) is 5.82 Å². The van der Waals surface area contributed by atoms with Crippen LogP contribution in [0.15, 0.2) is 59.5 Å². The largest absolute Gasteiger partial charge is 0.322 e. The highest BCUT2D eigenvalue weighted by atomic mass is 16.2. The average molecular weight is 419 g/mol. The predicted molar refractivity (Wildman–Crippen MR) is 119 cm³/mol. The van der Waals surface area contributed by atoms with Crippen molar-refractivity contribution in [2.75, 3.05) is 31.5 Å². The van der Waals surface area contributed by atoms with E-state index in [9.17, 15) is 9.59 Å². The van der Waals surface area contributed by atoms with Gasteiger partial charge in [-0.1, -0.05) is 24.3 Å². The van der Waals surface area contributed by atoms with E-state index in [4.69, 9.17) is 0 Å². The Morgan fingerprint density at radius 3 is 2.55 bits per heavy atom. The van der Waals surface area contributed by atoms with Gasteiger partial charge in [0.2, 0.25) is 0 Å². The van der Waals surface area contributed by atoms with Gasteiger partial charge < -0.3 is 10.2 Å². The fraction of sp³-hybridized carbons (Fsp3) is 0.348. The Labute approximate surface area is 180 Å². The van der Waals surface area contributed by atoms with Gasteiger partial charge in [-0.15, -0.1) is 0 Å². The van der Waals surface area contributed by atoms with Crippen molar-refractivity contribution in [2.45, 2.75) is 25.3 Å². The van der Waals surface area contributed by atoms with Crippen LogP contribution in [0.3, 0.4) is 0 Å². The molecule has 5 rings (SSSR count). The highest BCUT2D eigenvalue weighted by Crippen LogP contribution is 2.23. The van der Waals surface area contributed by atoms with Crippen molar-refractivity contribution in [1.29, 1.82) is 0 Å². The first-order valence-electron chi connectivity index (χ1n) is 10.8. The molecule has 8 heteroatoms. The minimum Gasteiger partial charge on any atom is -0.322 e. The molecule has 1 saturated heterocycles. The lowest BCUT2D eigenvalue weighted by atomic mass is 9.92. The lowest BCUT2D eigenvalue weighted by Crippen LogP contribution is -2.54. The number of aryl methyl sites for hydroxylation is 1. The molecule has 0 saturated carbocycles. The standard InChI is InChI=1S/C23H26N6O2/c30-22-19-16-18(9-10-20(19)26-29(22)21-8-4-5-11-24-21)27-12-14-28(15-13-27)23(31)25-17-6-2-1-3-7-17/h1-8,11,18,26H,9-10,12-16H2,(H,25,31). The van der Waals surface area contributed by atoms with Crippen LogP contribution >= 0.6 is 0 Å². The minimum absolute atomic E-state index is 0.000671. The molecule has 3 aromatic rings. The van der Waals surface area contributed by atoms with Crippen LogP contribution in [0.2, 0.25) is 0 Å². The van der Waals surface area contributed by atoms with Gasteiger partial charge in [0.25, 0.3) is 5.56 Å². The van der Waals surface area contributed by atoms with Gasteiger partial charge in [0.15, 0.2) is 5.82 Å². The fourth-order valence-corrected chi connectivity index (χ4v) is 4.56. The third-order valence-electron chi connectivity index (χ3n) is 6.26. The topological polar surface area (TPSA) is 86.3 Å². The zero-order chi connectivity index (χ0) is 21.2. The van der Waals surface area contributed by atoms with Crippen LogP contribution in [0.5, 0.6) is 0 Å². The van der Waals surface area contributed by atoms with Crippen LogP contribution in [0.1, 0.15) is 17.7 Å². The molecule has 3 heterocycles. The summed E-state index contributed by atoms with van der Waals surface area (Å²) in [6.07, 6.45) is 4.29. The summed E-state index contributed by atoms with van der Waals surface area (Å²) in [4.78, 5) is 34.1. The van der Waals surface area contributed by atoms with Crippen molar-refractivity contribution < 1.29 is 4.79 Å². The zero-order valence-corrected chi connectivity index (χ0v) is 17.3. The Morgan fingerprint density at radius 1 is 1.03 bits per heavy atom. The molecule has 8 nitrogen and oxygen atoms in total. The monoisotopic (exact) mass is 418 g/mol. The van der Waals surface area contributed by atoms with E-state index < -0.39 is 0 Å². The number of amides is 2. The third kappa shape index (κ3) is 3.98. The molecule has 1 aromatic carbocycles. The molecule has 0 bridgehead atoms. The van der Waals surface area contributed by atoms with Crippen LogP contribution in [0.4, 0.5) is 10.5 Å². The molecule has 1 unspecified atom stereocenters. The smallest absolute Gasteiger partial charge is 0.321 e. The zero-order valence-electron chi connectivity index (χ0n) is 17.3. The number of hydrogen-bond acceptors (Lipinski definition) is 4. The number of anilines is 1. The maximum absolute atomic E-state index is 13.0. The van der Waals surface area contributed by atoms with Crippen molar-refractivity contribution in [3.8, 4) is 5.82 Å². The lowest BCUT2D eigenvalue weighted by molar-refractivity contribution is 0.106. The fourth-order valence-electron chi connectivity index (χ4n) is 4.56. The number of aromatic amines is 1. The Hall–Kier alpha value is -3.39. The number of piperazine rings is 1. The Morgan fingerprint density at radius 2 is 1.81 bits per heavy atom. The number of benzene rings is 1. The summed E-state index contributed by atoms with van der Waals surface area (Å²) in [5.41, 5.74) is 2.70. The first-order chi connectivity index (χ1) is 15.2. The molecule has 2 amide bonds. The van der Waals surface area contributed by atoms with Gasteiger partial charge in [-0.05, 0) is 43.5 Å². The molecule has 0 radical (unpaired) electrons. The second-order valence-corrected chi connectivity index (χ2v) is 8.11. The van der Waals surface area contributed by atoms with Gasteiger partial charge in [-0.2, -0.15) is 0 Å². The molecule has 2 aliphatic rings. The van der Waals surface area contributed by atoms with Crippen LogP contribution < -0.4 is 10.9 Å². The summed E-state index contributed by atoms with van der Waals surface area (Å²) in [6, 6.07) is 15.4. The van der Waals surface area contributed by atoms with Crippen molar-refractivity contribution in [3.05, 3.63) is 76.3 Å². The van der Waals surface area contributed by atoms with Gasteiger partial charge in [0.05, 0.1) is 0 Å². The van der Waals surface area contributed by atoms with E-state index in [0.29, 0.717) is 24.9 Å². The Balaban J connectivity index is 1.21. The summed E-state index contributed by atoms with van der Waals surface area (Å²) in [6.45, 7) is 3.02. The maximum atomic E-state index is 13.0. The number of pyridine rings is 1. The van der Waals surface area contributed by atoms with E-state index in [1.165, 1.54) is 0 Å².